The maximum absolute atomic E-state index is 12.2. The molecule has 0 bridgehead atoms. The lowest BCUT2D eigenvalue weighted by Crippen LogP contribution is -2.29. The summed E-state index contributed by atoms with van der Waals surface area (Å²) in [6.45, 7) is 2.95. The van der Waals surface area contributed by atoms with E-state index in [0.29, 0.717) is 16.4 Å². The zero-order valence-electron chi connectivity index (χ0n) is 11.1. The van der Waals surface area contributed by atoms with Crippen LogP contribution in [0.1, 0.15) is 25.7 Å². The predicted octanol–water partition coefficient (Wildman–Crippen LogP) is 3.92. The van der Waals surface area contributed by atoms with E-state index in [2.05, 4.69) is 10.3 Å². The Morgan fingerprint density at radius 3 is 2.65 bits per heavy atom. The van der Waals surface area contributed by atoms with Crippen LogP contribution in [0.15, 0.2) is 18.2 Å². The highest BCUT2D eigenvalue weighted by molar-refractivity contribution is 6.31. The van der Waals surface area contributed by atoms with Crippen LogP contribution in [-0.4, -0.2) is 22.3 Å². The Kier molecular flexibility index (Phi) is 4.25. The third-order valence-electron chi connectivity index (χ3n) is 2.85. The summed E-state index contributed by atoms with van der Waals surface area (Å²) in [6.07, 6.45) is -4.22. The van der Waals surface area contributed by atoms with Crippen molar-refractivity contribution in [3.05, 3.63) is 29.0 Å². The molecule has 1 N–H and O–H groups in total. The molecule has 2 rings (SSSR count). The molecule has 0 unspecified atom stereocenters. The van der Waals surface area contributed by atoms with Gasteiger partial charge in [-0.15, -0.1) is 0 Å². The lowest BCUT2D eigenvalue weighted by molar-refractivity contribution is -0.125. The average molecular weight is 306 g/mol. The van der Waals surface area contributed by atoms with Crippen molar-refractivity contribution in [3.8, 4) is 0 Å². The molecule has 0 saturated carbocycles. The van der Waals surface area contributed by atoms with Gasteiger partial charge in [-0.1, -0.05) is 11.6 Å². The first-order valence-electron chi connectivity index (χ1n) is 6.22. The van der Waals surface area contributed by atoms with Gasteiger partial charge in [0.15, 0.2) is 0 Å². The molecule has 3 nitrogen and oxygen atoms in total. The fourth-order valence-corrected chi connectivity index (χ4v) is 2.31. The molecular formula is C13H15ClF3N3. The third kappa shape index (κ3) is 3.43. The zero-order valence-corrected chi connectivity index (χ0v) is 11.9. The van der Waals surface area contributed by atoms with E-state index in [-0.39, 0.29) is 12.6 Å². The number of hydrogen-bond acceptors (Lipinski definition) is 2. The molecule has 0 saturated heterocycles. The number of hydrogen-bond donors (Lipinski definition) is 1. The zero-order chi connectivity index (χ0) is 14.9. The Bertz CT molecular complexity index is 605. The van der Waals surface area contributed by atoms with E-state index in [1.54, 1.807) is 12.1 Å². The van der Waals surface area contributed by atoms with Crippen molar-refractivity contribution in [2.24, 2.45) is 0 Å². The van der Waals surface area contributed by atoms with Crippen molar-refractivity contribution in [1.82, 2.24) is 14.9 Å². The lowest BCUT2D eigenvalue weighted by atomic mass is 10.3. The number of nitrogens with zero attached hydrogens (tertiary/aromatic N) is 2. The molecule has 0 spiro atoms. The van der Waals surface area contributed by atoms with Gasteiger partial charge in [0.05, 0.1) is 24.1 Å². The highest BCUT2D eigenvalue weighted by Crippen LogP contribution is 2.24. The van der Waals surface area contributed by atoms with E-state index >= 15 is 0 Å². The van der Waals surface area contributed by atoms with E-state index in [4.69, 9.17) is 11.6 Å². The van der Waals surface area contributed by atoms with Crippen molar-refractivity contribution in [1.29, 1.82) is 0 Å². The number of halogens is 4. The van der Waals surface area contributed by atoms with Gasteiger partial charge in [-0.25, -0.2) is 4.98 Å². The molecule has 1 aromatic heterocycles. The number of alkyl halides is 3. The number of aromatic nitrogens is 2. The Balaban J connectivity index is 2.30. The second-order valence-electron chi connectivity index (χ2n) is 4.84. The minimum atomic E-state index is -4.22. The SMILES string of the molecule is CC(C)n1c(CNCC(F)(F)F)nc2cc(Cl)ccc21. The standard InChI is InChI=1S/C13H15ClF3N3/c1-8(2)20-11-4-3-9(14)5-10(11)19-12(20)6-18-7-13(15,16)17/h3-5,8,18H,6-7H2,1-2H3. The maximum Gasteiger partial charge on any atom is 0.401 e. The minimum Gasteiger partial charge on any atom is -0.324 e. The van der Waals surface area contributed by atoms with Gasteiger partial charge >= 0.3 is 6.18 Å². The van der Waals surface area contributed by atoms with Gasteiger partial charge in [0, 0.05) is 11.1 Å². The highest BCUT2D eigenvalue weighted by Gasteiger charge is 2.26. The van der Waals surface area contributed by atoms with Crippen molar-refractivity contribution in [2.75, 3.05) is 6.54 Å². The summed E-state index contributed by atoms with van der Waals surface area (Å²) in [4.78, 5) is 4.36. The van der Waals surface area contributed by atoms with Crippen LogP contribution in [-0.2, 0) is 6.54 Å². The molecule has 0 aliphatic carbocycles. The first-order valence-corrected chi connectivity index (χ1v) is 6.59. The number of rotatable bonds is 4. The van der Waals surface area contributed by atoms with Crippen LogP contribution >= 0.6 is 11.6 Å². The Morgan fingerprint density at radius 2 is 2.05 bits per heavy atom. The number of benzene rings is 1. The van der Waals surface area contributed by atoms with Crippen LogP contribution in [0.2, 0.25) is 5.02 Å². The molecule has 1 aromatic carbocycles. The monoisotopic (exact) mass is 305 g/mol. The van der Waals surface area contributed by atoms with E-state index in [9.17, 15) is 13.2 Å². The molecule has 110 valence electrons. The maximum atomic E-state index is 12.2. The molecule has 20 heavy (non-hydrogen) atoms. The van der Waals surface area contributed by atoms with Crippen molar-refractivity contribution in [3.63, 3.8) is 0 Å². The van der Waals surface area contributed by atoms with Crippen LogP contribution in [0.5, 0.6) is 0 Å². The Hall–Kier alpha value is -1.27. The van der Waals surface area contributed by atoms with Crippen LogP contribution in [0.3, 0.4) is 0 Å². The second kappa shape index (κ2) is 5.61. The van der Waals surface area contributed by atoms with E-state index in [1.165, 1.54) is 0 Å². The largest absolute Gasteiger partial charge is 0.401 e. The summed E-state index contributed by atoms with van der Waals surface area (Å²) in [5.41, 5.74) is 1.56. The summed E-state index contributed by atoms with van der Waals surface area (Å²) in [7, 11) is 0. The molecule has 0 aliphatic heterocycles. The van der Waals surface area contributed by atoms with E-state index < -0.39 is 12.7 Å². The van der Waals surface area contributed by atoms with Crippen molar-refractivity contribution in [2.45, 2.75) is 32.6 Å². The summed E-state index contributed by atoms with van der Waals surface area (Å²) >= 11 is 5.91. The van der Waals surface area contributed by atoms with Gasteiger partial charge in [0.1, 0.15) is 5.82 Å². The van der Waals surface area contributed by atoms with Crippen LogP contribution in [0, 0.1) is 0 Å². The predicted molar refractivity (Wildman–Crippen MR) is 72.9 cm³/mol. The first-order chi connectivity index (χ1) is 9.28. The van der Waals surface area contributed by atoms with Gasteiger partial charge in [-0.3, -0.25) is 0 Å². The minimum absolute atomic E-state index is 0.0595. The molecule has 7 heteroatoms. The van der Waals surface area contributed by atoms with Gasteiger partial charge in [0.25, 0.3) is 0 Å². The number of fused-ring (bicyclic) bond motifs is 1. The van der Waals surface area contributed by atoms with Crippen molar-refractivity contribution < 1.29 is 13.2 Å². The molecule has 0 aliphatic rings. The molecule has 0 amide bonds. The van der Waals surface area contributed by atoms with Gasteiger partial charge in [-0.05, 0) is 32.0 Å². The summed E-state index contributed by atoms with van der Waals surface area (Å²) in [5.74, 6) is 0.571. The average Bonchev–Trinajstić information content (AvgIpc) is 2.64. The van der Waals surface area contributed by atoms with Gasteiger partial charge in [0.2, 0.25) is 0 Å². The Morgan fingerprint density at radius 1 is 1.35 bits per heavy atom. The Labute approximate surface area is 119 Å². The highest BCUT2D eigenvalue weighted by atomic mass is 35.5. The molecule has 0 fully saturated rings. The molecule has 0 radical (unpaired) electrons. The van der Waals surface area contributed by atoms with E-state index in [1.807, 2.05) is 24.5 Å². The normalized spacial score (nSPS) is 12.6. The lowest BCUT2D eigenvalue weighted by Gasteiger charge is -2.14. The fraction of sp³-hybridized carbons (Fsp3) is 0.462. The second-order valence-corrected chi connectivity index (χ2v) is 5.28. The summed E-state index contributed by atoms with van der Waals surface area (Å²) in [5, 5.41) is 2.93. The first kappa shape index (κ1) is 15.1. The quantitative estimate of drug-likeness (QED) is 0.928. The third-order valence-corrected chi connectivity index (χ3v) is 3.08. The van der Waals surface area contributed by atoms with Gasteiger partial charge in [-0.2, -0.15) is 13.2 Å². The molecule has 1 heterocycles. The molecular weight excluding hydrogens is 291 g/mol. The van der Waals surface area contributed by atoms with E-state index in [0.717, 1.165) is 5.52 Å². The smallest absolute Gasteiger partial charge is 0.324 e. The van der Waals surface area contributed by atoms with Crippen LogP contribution in [0.4, 0.5) is 13.2 Å². The summed E-state index contributed by atoms with van der Waals surface area (Å²) < 4.78 is 38.4. The number of nitrogens with one attached hydrogen (secondary N) is 1. The van der Waals surface area contributed by atoms with Crippen molar-refractivity contribution >= 4 is 22.6 Å². The van der Waals surface area contributed by atoms with Gasteiger partial charge < -0.3 is 9.88 Å². The molecule has 0 atom stereocenters. The van der Waals surface area contributed by atoms with Crippen LogP contribution in [0.25, 0.3) is 11.0 Å². The molecule has 2 aromatic rings. The number of imidazole rings is 1. The van der Waals surface area contributed by atoms with Crippen LogP contribution < -0.4 is 5.32 Å². The topological polar surface area (TPSA) is 29.9 Å². The fourth-order valence-electron chi connectivity index (χ4n) is 2.14. The summed E-state index contributed by atoms with van der Waals surface area (Å²) in [6, 6.07) is 5.39.